The highest BCUT2D eigenvalue weighted by molar-refractivity contribution is 5.87. The van der Waals surface area contributed by atoms with Crippen LogP contribution in [-0.4, -0.2) is 25.3 Å². The molecule has 5 nitrogen and oxygen atoms in total. The molecule has 126 valence electrons. The summed E-state index contributed by atoms with van der Waals surface area (Å²) in [6, 6.07) is 7.24. The normalized spacial score (nSPS) is 21.7. The van der Waals surface area contributed by atoms with Gasteiger partial charge in [-0.3, -0.25) is 4.79 Å². The van der Waals surface area contributed by atoms with Gasteiger partial charge in [0.2, 0.25) is 0 Å². The summed E-state index contributed by atoms with van der Waals surface area (Å²) >= 11 is 0. The van der Waals surface area contributed by atoms with Crippen molar-refractivity contribution in [3.63, 3.8) is 0 Å². The Balaban J connectivity index is 1.86. The average Bonchev–Trinajstić information content (AvgIpc) is 2.49. The highest BCUT2D eigenvalue weighted by Gasteiger charge is 2.29. The third kappa shape index (κ3) is 5.27. The second-order valence-electron chi connectivity index (χ2n) is 7.01. The molecule has 0 heterocycles. The van der Waals surface area contributed by atoms with Gasteiger partial charge >= 0.3 is 0 Å². The number of hydrogen-bond acceptors (Lipinski definition) is 4. The third-order valence-corrected chi connectivity index (χ3v) is 3.93. The molecule has 0 aromatic heterocycles. The number of carbonyl (C=O) groups excluding carboxylic acids is 1. The molecule has 1 aromatic rings. The molecule has 5 heteroatoms. The number of methoxy groups -OCH3 is 1. The molecule has 1 N–H and O–H groups in total. The molecule has 0 saturated heterocycles. The molecule has 0 spiro atoms. The van der Waals surface area contributed by atoms with Gasteiger partial charge in [-0.25, -0.2) is 5.43 Å². The summed E-state index contributed by atoms with van der Waals surface area (Å²) in [6.45, 7) is 6.62. The van der Waals surface area contributed by atoms with E-state index in [1.54, 1.807) is 19.2 Å². The van der Waals surface area contributed by atoms with Crippen LogP contribution >= 0.6 is 0 Å². The second kappa shape index (κ2) is 7.49. The van der Waals surface area contributed by atoms with Gasteiger partial charge in [-0.05, 0) is 42.7 Å². The lowest BCUT2D eigenvalue weighted by atomic mass is 9.72. The van der Waals surface area contributed by atoms with E-state index in [1.165, 1.54) is 6.42 Å². The van der Waals surface area contributed by atoms with Crippen molar-refractivity contribution < 1.29 is 14.3 Å². The molecule has 23 heavy (non-hydrogen) atoms. The van der Waals surface area contributed by atoms with E-state index in [1.807, 2.05) is 12.1 Å². The molecule has 0 aliphatic heterocycles. The summed E-state index contributed by atoms with van der Waals surface area (Å²) in [5.74, 6) is 1.48. The van der Waals surface area contributed by atoms with Gasteiger partial charge < -0.3 is 9.47 Å². The van der Waals surface area contributed by atoms with Gasteiger partial charge in [0.25, 0.3) is 5.91 Å². The first kappa shape index (κ1) is 17.3. The van der Waals surface area contributed by atoms with Crippen LogP contribution in [0.1, 0.15) is 40.0 Å². The van der Waals surface area contributed by atoms with Crippen LogP contribution in [0.4, 0.5) is 0 Å². The Morgan fingerprint density at radius 3 is 2.70 bits per heavy atom. The Kier molecular flexibility index (Phi) is 5.64. The minimum atomic E-state index is -0.264. The summed E-state index contributed by atoms with van der Waals surface area (Å²) in [5, 5.41) is 4.29. The predicted octanol–water partition coefficient (Wildman–Crippen LogP) is 3.39. The zero-order valence-corrected chi connectivity index (χ0v) is 14.4. The van der Waals surface area contributed by atoms with Crippen molar-refractivity contribution in [3.05, 3.63) is 24.3 Å². The number of amides is 1. The van der Waals surface area contributed by atoms with Crippen LogP contribution in [0, 0.1) is 11.3 Å². The number of benzene rings is 1. The van der Waals surface area contributed by atoms with Gasteiger partial charge in [0.15, 0.2) is 18.1 Å². The molecule has 2 rings (SSSR count). The average molecular weight is 318 g/mol. The fourth-order valence-corrected chi connectivity index (χ4v) is 3.25. The van der Waals surface area contributed by atoms with Crippen molar-refractivity contribution in [1.29, 1.82) is 0 Å². The number of rotatable bonds is 5. The van der Waals surface area contributed by atoms with Crippen molar-refractivity contribution in [2.24, 2.45) is 16.4 Å². The van der Waals surface area contributed by atoms with E-state index < -0.39 is 0 Å². The van der Waals surface area contributed by atoms with Crippen molar-refractivity contribution in [2.45, 2.75) is 40.0 Å². The van der Waals surface area contributed by atoms with E-state index in [-0.39, 0.29) is 17.9 Å². The summed E-state index contributed by atoms with van der Waals surface area (Å²) in [4.78, 5) is 11.9. The Bertz CT molecular complexity index is 581. The number of nitrogens with one attached hydrogen (secondary N) is 1. The molecule has 1 amide bonds. The number of nitrogens with zero attached hydrogens (tertiary/aromatic N) is 1. The van der Waals surface area contributed by atoms with Crippen LogP contribution < -0.4 is 14.9 Å². The molecule has 1 aliphatic rings. The Hall–Kier alpha value is -2.04. The van der Waals surface area contributed by atoms with Crippen LogP contribution in [0.2, 0.25) is 0 Å². The molecule has 1 unspecified atom stereocenters. The molecular formula is C18H26N2O3. The van der Waals surface area contributed by atoms with E-state index in [4.69, 9.17) is 9.47 Å². The summed E-state index contributed by atoms with van der Waals surface area (Å²) in [6.07, 6.45) is 3.05. The Morgan fingerprint density at radius 1 is 1.35 bits per heavy atom. The van der Waals surface area contributed by atoms with E-state index in [0.29, 0.717) is 17.4 Å². The van der Waals surface area contributed by atoms with Crippen molar-refractivity contribution in [1.82, 2.24) is 5.43 Å². The molecular weight excluding hydrogens is 292 g/mol. The lowest BCUT2D eigenvalue weighted by Crippen LogP contribution is -2.31. The first-order valence-electron chi connectivity index (χ1n) is 8.00. The number of para-hydroxylation sites is 2. The molecule has 1 fully saturated rings. The third-order valence-electron chi connectivity index (χ3n) is 3.93. The van der Waals surface area contributed by atoms with Crippen LogP contribution in [0.15, 0.2) is 29.4 Å². The zero-order chi connectivity index (χ0) is 16.9. The largest absolute Gasteiger partial charge is 0.493 e. The molecule has 0 radical (unpaired) electrons. The van der Waals surface area contributed by atoms with Crippen LogP contribution in [0.5, 0.6) is 11.5 Å². The highest BCUT2D eigenvalue weighted by Crippen LogP contribution is 2.36. The Labute approximate surface area is 138 Å². The number of ether oxygens (including phenoxy) is 2. The van der Waals surface area contributed by atoms with Crippen molar-refractivity contribution in [2.75, 3.05) is 13.7 Å². The van der Waals surface area contributed by atoms with Gasteiger partial charge in [-0.2, -0.15) is 5.10 Å². The number of carbonyl (C=O) groups is 1. The lowest BCUT2D eigenvalue weighted by Gasteiger charge is -2.34. The monoisotopic (exact) mass is 318 g/mol. The maximum absolute atomic E-state index is 11.9. The lowest BCUT2D eigenvalue weighted by molar-refractivity contribution is -0.123. The molecule has 1 saturated carbocycles. The summed E-state index contributed by atoms with van der Waals surface area (Å²) < 4.78 is 10.7. The van der Waals surface area contributed by atoms with Crippen LogP contribution in [0.25, 0.3) is 0 Å². The maximum Gasteiger partial charge on any atom is 0.277 e. The smallest absolute Gasteiger partial charge is 0.277 e. The summed E-state index contributed by atoms with van der Waals surface area (Å²) in [7, 11) is 1.57. The second-order valence-corrected chi connectivity index (χ2v) is 7.01. The molecule has 1 atom stereocenters. The Morgan fingerprint density at radius 2 is 2.04 bits per heavy atom. The van der Waals surface area contributed by atoms with E-state index in [9.17, 15) is 4.79 Å². The fourth-order valence-electron chi connectivity index (χ4n) is 3.25. The molecule has 0 bridgehead atoms. The van der Waals surface area contributed by atoms with Gasteiger partial charge in [0.1, 0.15) is 0 Å². The SMILES string of the molecule is COc1ccccc1OCC(=O)N/N=C1\CC(C)CC(C)(C)C1. The minimum Gasteiger partial charge on any atom is -0.493 e. The molecule has 1 aliphatic carbocycles. The van der Waals surface area contributed by atoms with E-state index in [0.717, 1.165) is 18.6 Å². The number of hydrazone groups is 1. The quantitative estimate of drug-likeness (QED) is 0.847. The first-order valence-corrected chi connectivity index (χ1v) is 8.00. The topological polar surface area (TPSA) is 59.9 Å². The standard InChI is InChI=1S/C18H26N2O3/c1-13-9-14(11-18(2,3)10-13)19-20-17(21)12-23-16-8-6-5-7-15(16)22-4/h5-8,13H,9-12H2,1-4H3,(H,20,21)/b19-14+. The van der Waals surface area contributed by atoms with Crippen molar-refractivity contribution in [3.8, 4) is 11.5 Å². The van der Waals surface area contributed by atoms with Gasteiger partial charge in [0, 0.05) is 5.71 Å². The van der Waals surface area contributed by atoms with Gasteiger partial charge in [0.05, 0.1) is 7.11 Å². The van der Waals surface area contributed by atoms with E-state index in [2.05, 4.69) is 31.3 Å². The van der Waals surface area contributed by atoms with E-state index >= 15 is 0 Å². The summed E-state index contributed by atoms with van der Waals surface area (Å²) in [5.41, 5.74) is 3.90. The fraction of sp³-hybridized carbons (Fsp3) is 0.556. The highest BCUT2D eigenvalue weighted by atomic mass is 16.5. The zero-order valence-electron chi connectivity index (χ0n) is 14.4. The van der Waals surface area contributed by atoms with Crippen LogP contribution in [0.3, 0.4) is 0 Å². The molecule has 1 aromatic carbocycles. The number of hydrogen-bond donors (Lipinski definition) is 1. The van der Waals surface area contributed by atoms with Crippen LogP contribution in [-0.2, 0) is 4.79 Å². The van der Waals surface area contributed by atoms with Gasteiger partial charge in [-0.1, -0.05) is 32.9 Å². The first-order chi connectivity index (χ1) is 10.9. The maximum atomic E-state index is 11.9. The predicted molar refractivity (Wildman–Crippen MR) is 90.9 cm³/mol. The van der Waals surface area contributed by atoms with Gasteiger partial charge in [-0.15, -0.1) is 0 Å². The minimum absolute atomic E-state index is 0.0872. The van der Waals surface area contributed by atoms with Crippen molar-refractivity contribution >= 4 is 11.6 Å².